The van der Waals surface area contributed by atoms with Crippen molar-refractivity contribution in [2.75, 3.05) is 26.3 Å². The zero-order valence-electron chi connectivity index (χ0n) is 23.2. The van der Waals surface area contributed by atoms with Crippen LogP contribution < -0.4 is 4.74 Å². The summed E-state index contributed by atoms with van der Waals surface area (Å²) in [6, 6.07) is 15.2. The third kappa shape index (κ3) is 7.62. The summed E-state index contributed by atoms with van der Waals surface area (Å²) in [6.45, 7) is 13.3. The van der Waals surface area contributed by atoms with Gasteiger partial charge in [0.15, 0.2) is 0 Å². The highest BCUT2D eigenvalue weighted by molar-refractivity contribution is 5.76. The first-order valence-corrected chi connectivity index (χ1v) is 13.4. The van der Waals surface area contributed by atoms with Crippen molar-refractivity contribution in [1.29, 1.82) is 0 Å². The van der Waals surface area contributed by atoms with Gasteiger partial charge in [-0.3, -0.25) is 0 Å². The van der Waals surface area contributed by atoms with Gasteiger partial charge in [-0.15, -0.1) is 0 Å². The van der Waals surface area contributed by atoms with Crippen molar-refractivity contribution in [3.8, 4) is 5.75 Å². The van der Waals surface area contributed by atoms with Crippen LogP contribution in [-0.2, 0) is 22.6 Å². The van der Waals surface area contributed by atoms with Crippen LogP contribution in [0.25, 0.3) is 0 Å². The number of carbonyl (C=O) groups is 1. The Hall–Kier alpha value is -3.29. The number of piperidine rings is 1. The predicted octanol–water partition coefficient (Wildman–Crippen LogP) is 6.02. The molecule has 0 unspecified atom stereocenters. The van der Waals surface area contributed by atoms with E-state index in [1.54, 1.807) is 17.0 Å². The van der Waals surface area contributed by atoms with Gasteiger partial charge in [0.2, 0.25) is 0 Å². The molecule has 0 saturated carbocycles. The fraction of sp³-hybridized carbons (Fsp3) is 0.533. The molecule has 7 nitrogen and oxygen atoms in total. The minimum Gasteiger partial charge on any atom is -0.493 e. The predicted molar refractivity (Wildman–Crippen MR) is 146 cm³/mol. The van der Waals surface area contributed by atoms with E-state index in [0.717, 1.165) is 16.9 Å². The van der Waals surface area contributed by atoms with Gasteiger partial charge in [0, 0.05) is 26.2 Å². The molecule has 2 aromatic carbocycles. The number of likely N-dealkylation sites (tertiary alicyclic amines) is 1. The summed E-state index contributed by atoms with van der Waals surface area (Å²) in [5, 5.41) is 0. The highest BCUT2D eigenvalue weighted by Gasteiger charge is 2.42. The molecular weight excluding hydrogens is 485 g/mol. The molecular formula is C30H40FN3O4. The van der Waals surface area contributed by atoms with Crippen LogP contribution in [0.15, 0.2) is 53.5 Å². The van der Waals surface area contributed by atoms with Crippen LogP contribution in [0, 0.1) is 11.7 Å². The van der Waals surface area contributed by atoms with E-state index in [0.29, 0.717) is 64.2 Å². The number of halogens is 1. The quantitative estimate of drug-likeness (QED) is 0.442. The number of hydrogen-bond acceptors (Lipinski definition) is 6. The Morgan fingerprint density at radius 1 is 1.05 bits per heavy atom. The average molecular weight is 526 g/mol. The van der Waals surface area contributed by atoms with Gasteiger partial charge in [-0.25, -0.2) is 14.2 Å². The fourth-order valence-corrected chi connectivity index (χ4v) is 4.49. The number of rotatable bonds is 7. The molecule has 1 spiro atoms. The van der Waals surface area contributed by atoms with Gasteiger partial charge >= 0.3 is 6.09 Å². The summed E-state index contributed by atoms with van der Waals surface area (Å²) < 4.78 is 31.1. The number of amidine groups is 1. The van der Waals surface area contributed by atoms with Crippen LogP contribution in [0.5, 0.6) is 5.75 Å². The molecule has 0 N–H and O–H groups in total. The standard InChI is InChI=1S/C30H40FN3O4/c1-22(2)20-36-26-12-8-24(9-13-26)19-34(18-23-6-10-25(31)11-7-23)27-32-30(21-37-27)14-16-33(17-15-30)28(35)38-29(3,4)5/h6-13,22H,14-21H2,1-5H3. The van der Waals surface area contributed by atoms with E-state index >= 15 is 0 Å². The van der Waals surface area contributed by atoms with Gasteiger partial charge in [-0.1, -0.05) is 38.1 Å². The monoisotopic (exact) mass is 525 g/mol. The highest BCUT2D eigenvalue weighted by atomic mass is 19.1. The van der Waals surface area contributed by atoms with Gasteiger partial charge < -0.3 is 24.0 Å². The summed E-state index contributed by atoms with van der Waals surface area (Å²) in [7, 11) is 0. The number of hydrogen-bond donors (Lipinski definition) is 0. The summed E-state index contributed by atoms with van der Waals surface area (Å²) in [4.78, 5) is 21.4. The van der Waals surface area contributed by atoms with Gasteiger partial charge in [0.25, 0.3) is 6.02 Å². The number of carbonyl (C=O) groups excluding carboxylic acids is 1. The minimum absolute atomic E-state index is 0.262. The van der Waals surface area contributed by atoms with Gasteiger partial charge in [0.05, 0.1) is 6.61 Å². The number of benzene rings is 2. The summed E-state index contributed by atoms with van der Waals surface area (Å²) in [5.41, 5.74) is 1.18. The topological polar surface area (TPSA) is 63.6 Å². The SMILES string of the molecule is CC(C)COc1ccc(CN(Cc2ccc(F)cc2)C2=NC3(CCN(C(=O)OC(C)(C)C)CC3)CO2)cc1. The van der Waals surface area contributed by atoms with Crippen LogP contribution >= 0.6 is 0 Å². The first kappa shape index (κ1) is 27.7. The maximum atomic E-state index is 13.5. The highest BCUT2D eigenvalue weighted by Crippen LogP contribution is 2.33. The lowest BCUT2D eigenvalue weighted by atomic mass is 9.90. The average Bonchev–Trinajstić information content (AvgIpc) is 3.27. The molecule has 2 heterocycles. The van der Waals surface area contributed by atoms with Crippen molar-refractivity contribution in [2.45, 2.75) is 71.7 Å². The molecule has 0 radical (unpaired) electrons. The summed E-state index contributed by atoms with van der Waals surface area (Å²) in [5.74, 6) is 1.04. The third-order valence-corrected chi connectivity index (χ3v) is 6.59. The van der Waals surface area contributed by atoms with Crippen molar-refractivity contribution in [1.82, 2.24) is 9.80 Å². The molecule has 1 amide bonds. The van der Waals surface area contributed by atoms with Crippen LogP contribution in [-0.4, -0.2) is 59.4 Å². The van der Waals surface area contributed by atoms with Gasteiger partial charge in [0.1, 0.15) is 29.3 Å². The summed E-state index contributed by atoms with van der Waals surface area (Å²) in [6.07, 6.45) is 1.14. The lowest BCUT2D eigenvalue weighted by Crippen LogP contribution is -2.48. The van der Waals surface area contributed by atoms with E-state index in [1.807, 2.05) is 32.9 Å². The maximum absolute atomic E-state index is 13.5. The van der Waals surface area contributed by atoms with Crippen molar-refractivity contribution in [3.63, 3.8) is 0 Å². The van der Waals surface area contributed by atoms with Crippen molar-refractivity contribution < 1.29 is 23.4 Å². The van der Waals surface area contributed by atoms with Crippen molar-refractivity contribution in [2.24, 2.45) is 10.9 Å². The second-order valence-electron chi connectivity index (χ2n) is 11.7. The zero-order chi connectivity index (χ0) is 27.3. The molecule has 0 aliphatic carbocycles. The first-order valence-electron chi connectivity index (χ1n) is 13.4. The molecule has 206 valence electrons. The molecule has 2 aliphatic heterocycles. The van der Waals surface area contributed by atoms with Crippen molar-refractivity contribution >= 4 is 12.1 Å². The summed E-state index contributed by atoms with van der Waals surface area (Å²) >= 11 is 0. The smallest absolute Gasteiger partial charge is 0.410 e. The Kier molecular flexibility index (Phi) is 8.48. The first-order chi connectivity index (χ1) is 18.0. The van der Waals surface area contributed by atoms with E-state index in [9.17, 15) is 9.18 Å². The van der Waals surface area contributed by atoms with Gasteiger partial charge in [-0.05, 0) is 74.9 Å². The molecule has 1 fully saturated rings. The minimum atomic E-state index is -0.520. The van der Waals surface area contributed by atoms with Crippen LogP contribution in [0.1, 0.15) is 58.6 Å². The van der Waals surface area contributed by atoms with E-state index in [2.05, 4.69) is 30.9 Å². The molecule has 38 heavy (non-hydrogen) atoms. The number of ether oxygens (including phenoxy) is 3. The normalized spacial score (nSPS) is 16.8. The zero-order valence-corrected chi connectivity index (χ0v) is 23.2. The molecule has 4 rings (SSSR count). The fourth-order valence-electron chi connectivity index (χ4n) is 4.49. The van der Waals surface area contributed by atoms with E-state index < -0.39 is 5.60 Å². The Balaban J connectivity index is 1.47. The van der Waals surface area contributed by atoms with Crippen LogP contribution in [0.4, 0.5) is 9.18 Å². The van der Waals surface area contributed by atoms with Crippen LogP contribution in [0.2, 0.25) is 0 Å². The Morgan fingerprint density at radius 3 is 2.18 bits per heavy atom. The Bertz CT molecular complexity index is 1100. The second kappa shape index (κ2) is 11.6. The van der Waals surface area contributed by atoms with E-state index in [1.165, 1.54) is 12.1 Å². The number of amides is 1. The molecule has 1 saturated heterocycles. The largest absolute Gasteiger partial charge is 0.493 e. The maximum Gasteiger partial charge on any atom is 0.410 e. The van der Waals surface area contributed by atoms with Crippen LogP contribution in [0.3, 0.4) is 0 Å². The third-order valence-electron chi connectivity index (χ3n) is 6.59. The second-order valence-corrected chi connectivity index (χ2v) is 11.7. The van der Waals surface area contributed by atoms with E-state index in [4.69, 9.17) is 19.2 Å². The number of nitrogens with zero attached hydrogens (tertiary/aromatic N) is 3. The molecule has 8 heteroatoms. The van der Waals surface area contributed by atoms with E-state index in [-0.39, 0.29) is 17.4 Å². The molecule has 0 aromatic heterocycles. The lowest BCUT2D eigenvalue weighted by molar-refractivity contribution is 0.0156. The molecule has 0 bridgehead atoms. The molecule has 2 aliphatic rings. The van der Waals surface area contributed by atoms with Crippen molar-refractivity contribution in [3.05, 3.63) is 65.5 Å². The molecule has 0 atom stereocenters. The number of aliphatic imine (C=N–C) groups is 1. The molecule has 2 aromatic rings. The Morgan fingerprint density at radius 2 is 1.63 bits per heavy atom. The Labute approximate surface area is 225 Å². The van der Waals surface area contributed by atoms with Gasteiger partial charge in [-0.2, -0.15) is 0 Å². The lowest BCUT2D eigenvalue weighted by Gasteiger charge is -2.36.